The Labute approximate surface area is 129 Å². The molecule has 5 heteroatoms. The molecule has 0 fully saturated rings. The van der Waals surface area contributed by atoms with Crippen molar-refractivity contribution >= 4 is 17.2 Å². The molecular formula is C16H20N2O2S. The molecule has 0 saturated carbocycles. The number of hydrogen-bond donors (Lipinski definition) is 0. The molecule has 4 nitrogen and oxygen atoms in total. The van der Waals surface area contributed by atoms with Gasteiger partial charge in [0.2, 0.25) is 0 Å². The van der Waals surface area contributed by atoms with E-state index >= 15 is 0 Å². The Morgan fingerprint density at radius 2 is 2.00 bits per heavy atom. The number of carbonyl (C=O) groups excluding carboxylic acids is 1. The van der Waals surface area contributed by atoms with Crippen LogP contribution in [0, 0.1) is 5.92 Å². The van der Waals surface area contributed by atoms with Gasteiger partial charge < -0.3 is 9.64 Å². The summed E-state index contributed by atoms with van der Waals surface area (Å²) < 4.78 is 5.14. The van der Waals surface area contributed by atoms with Crippen molar-refractivity contribution in [3.8, 4) is 16.3 Å². The van der Waals surface area contributed by atoms with Crippen LogP contribution in [-0.2, 0) is 0 Å². The molecule has 2 aromatic rings. The largest absolute Gasteiger partial charge is 0.497 e. The molecule has 0 spiro atoms. The average Bonchev–Trinajstić information content (AvgIpc) is 2.95. The van der Waals surface area contributed by atoms with Gasteiger partial charge in [-0.3, -0.25) is 4.79 Å². The van der Waals surface area contributed by atoms with Crippen molar-refractivity contribution in [2.24, 2.45) is 5.92 Å². The summed E-state index contributed by atoms with van der Waals surface area (Å²) in [6, 6.07) is 7.68. The lowest BCUT2D eigenvalue weighted by molar-refractivity contribution is 0.0774. The Balaban J connectivity index is 2.15. The highest BCUT2D eigenvalue weighted by molar-refractivity contribution is 7.13. The van der Waals surface area contributed by atoms with Crippen molar-refractivity contribution in [1.29, 1.82) is 0 Å². The van der Waals surface area contributed by atoms with E-state index in [1.165, 1.54) is 11.3 Å². The zero-order valence-electron chi connectivity index (χ0n) is 12.8. The molecule has 1 aromatic carbocycles. The molecule has 2 rings (SSSR count). The fourth-order valence-electron chi connectivity index (χ4n) is 2.06. The SMILES string of the molecule is COc1ccc(-c2nc(C(=O)N(C)CC(C)C)cs2)cc1. The van der Waals surface area contributed by atoms with E-state index in [2.05, 4.69) is 18.8 Å². The van der Waals surface area contributed by atoms with Crippen LogP contribution in [0.2, 0.25) is 0 Å². The molecule has 112 valence electrons. The monoisotopic (exact) mass is 304 g/mol. The Kier molecular flexibility index (Phi) is 4.96. The number of aromatic nitrogens is 1. The Morgan fingerprint density at radius 1 is 1.33 bits per heavy atom. The van der Waals surface area contributed by atoms with Crippen molar-refractivity contribution in [2.45, 2.75) is 13.8 Å². The van der Waals surface area contributed by atoms with Crippen molar-refractivity contribution in [1.82, 2.24) is 9.88 Å². The molecule has 0 aliphatic rings. The first-order valence-electron chi connectivity index (χ1n) is 6.86. The van der Waals surface area contributed by atoms with Gasteiger partial charge in [-0.25, -0.2) is 4.98 Å². The van der Waals surface area contributed by atoms with E-state index in [4.69, 9.17) is 4.74 Å². The summed E-state index contributed by atoms with van der Waals surface area (Å²) >= 11 is 1.48. The number of rotatable bonds is 5. The predicted molar refractivity (Wildman–Crippen MR) is 85.9 cm³/mol. The normalized spacial score (nSPS) is 10.7. The molecule has 0 saturated heterocycles. The van der Waals surface area contributed by atoms with Crippen LogP contribution in [0.25, 0.3) is 10.6 Å². The van der Waals surface area contributed by atoms with Crippen molar-refractivity contribution in [3.63, 3.8) is 0 Å². The first-order valence-corrected chi connectivity index (χ1v) is 7.74. The first-order chi connectivity index (χ1) is 10.0. The van der Waals surface area contributed by atoms with Gasteiger partial charge in [-0.15, -0.1) is 11.3 Å². The van der Waals surface area contributed by atoms with Gasteiger partial charge in [0.1, 0.15) is 16.5 Å². The number of methoxy groups -OCH3 is 1. The lowest BCUT2D eigenvalue weighted by Crippen LogP contribution is -2.30. The Bertz CT molecular complexity index is 605. The number of hydrogen-bond acceptors (Lipinski definition) is 4. The van der Waals surface area contributed by atoms with Crippen LogP contribution in [0.3, 0.4) is 0 Å². The quantitative estimate of drug-likeness (QED) is 0.848. The number of benzene rings is 1. The van der Waals surface area contributed by atoms with Crippen LogP contribution in [0.5, 0.6) is 5.75 Å². The van der Waals surface area contributed by atoms with Crippen LogP contribution in [0.4, 0.5) is 0 Å². The summed E-state index contributed by atoms with van der Waals surface area (Å²) in [5.41, 5.74) is 1.50. The van der Waals surface area contributed by atoms with Gasteiger partial charge in [0, 0.05) is 24.5 Å². The van der Waals surface area contributed by atoms with Crippen molar-refractivity contribution < 1.29 is 9.53 Å². The molecule has 0 N–H and O–H groups in total. The summed E-state index contributed by atoms with van der Waals surface area (Å²) in [4.78, 5) is 18.4. The topological polar surface area (TPSA) is 42.4 Å². The maximum absolute atomic E-state index is 12.3. The lowest BCUT2D eigenvalue weighted by atomic mass is 10.2. The average molecular weight is 304 g/mol. The number of nitrogens with zero attached hydrogens (tertiary/aromatic N) is 2. The number of thiazole rings is 1. The molecule has 1 amide bonds. The molecule has 0 unspecified atom stereocenters. The summed E-state index contributed by atoms with van der Waals surface area (Å²) in [6.07, 6.45) is 0. The van der Waals surface area contributed by atoms with E-state index in [-0.39, 0.29) is 5.91 Å². The molecule has 0 aliphatic heterocycles. The van der Waals surface area contributed by atoms with Gasteiger partial charge in [-0.1, -0.05) is 13.8 Å². The second-order valence-corrected chi connectivity index (χ2v) is 6.20. The minimum Gasteiger partial charge on any atom is -0.497 e. The third kappa shape index (κ3) is 3.82. The summed E-state index contributed by atoms with van der Waals surface area (Å²) in [5.74, 6) is 1.22. The Morgan fingerprint density at radius 3 is 2.57 bits per heavy atom. The molecule has 1 heterocycles. The van der Waals surface area contributed by atoms with Gasteiger partial charge in [-0.05, 0) is 30.2 Å². The van der Waals surface area contributed by atoms with Crippen molar-refractivity contribution in [2.75, 3.05) is 20.7 Å². The van der Waals surface area contributed by atoms with E-state index < -0.39 is 0 Å². The van der Waals surface area contributed by atoms with E-state index in [0.29, 0.717) is 11.6 Å². The maximum atomic E-state index is 12.3. The summed E-state index contributed by atoms with van der Waals surface area (Å²) in [7, 11) is 3.45. The zero-order chi connectivity index (χ0) is 15.4. The predicted octanol–water partition coefficient (Wildman–Crippen LogP) is 3.55. The first kappa shape index (κ1) is 15.5. The minimum absolute atomic E-state index is 0.0280. The third-order valence-corrected chi connectivity index (χ3v) is 3.94. The van der Waals surface area contributed by atoms with Gasteiger partial charge in [0.15, 0.2) is 0 Å². The zero-order valence-corrected chi connectivity index (χ0v) is 13.6. The third-order valence-electron chi connectivity index (χ3n) is 3.05. The van der Waals surface area contributed by atoms with Crippen LogP contribution >= 0.6 is 11.3 Å². The second-order valence-electron chi connectivity index (χ2n) is 5.35. The fraction of sp³-hybridized carbons (Fsp3) is 0.375. The van der Waals surface area contributed by atoms with Gasteiger partial charge >= 0.3 is 0 Å². The molecule has 21 heavy (non-hydrogen) atoms. The van der Waals surface area contributed by atoms with Crippen LogP contribution in [0.15, 0.2) is 29.6 Å². The molecule has 0 atom stereocenters. The smallest absolute Gasteiger partial charge is 0.273 e. The van der Waals surface area contributed by atoms with Gasteiger partial charge in [0.05, 0.1) is 7.11 Å². The van der Waals surface area contributed by atoms with Gasteiger partial charge in [0.25, 0.3) is 5.91 Å². The van der Waals surface area contributed by atoms with Gasteiger partial charge in [-0.2, -0.15) is 0 Å². The number of ether oxygens (including phenoxy) is 1. The number of carbonyl (C=O) groups is 1. The highest BCUT2D eigenvalue weighted by Gasteiger charge is 2.16. The molecule has 1 aromatic heterocycles. The van der Waals surface area contributed by atoms with Crippen molar-refractivity contribution in [3.05, 3.63) is 35.3 Å². The molecule has 0 bridgehead atoms. The molecular weight excluding hydrogens is 284 g/mol. The Hall–Kier alpha value is -1.88. The molecule has 0 radical (unpaired) electrons. The van der Waals surface area contributed by atoms with Crippen LogP contribution in [-0.4, -0.2) is 36.5 Å². The minimum atomic E-state index is -0.0280. The highest BCUT2D eigenvalue weighted by atomic mass is 32.1. The summed E-state index contributed by atoms with van der Waals surface area (Å²) in [5, 5.41) is 2.66. The standard InChI is InChI=1S/C16H20N2O2S/c1-11(2)9-18(3)16(19)14-10-21-15(17-14)12-5-7-13(20-4)8-6-12/h5-8,10-11H,9H2,1-4H3. The van der Waals surface area contributed by atoms with E-state index in [0.717, 1.165) is 22.9 Å². The van der Waals surface area contributed by atoms with E-state index in [1.54, 1.807) is 12.0 Å². The highest BCUT2D eigenvalue weighted by Crippen LogP contribution is 2.26. The lowest BCUT2D eigenvalue weighted by Gasteiger charge is -2.17. The molecule has 0 aliphatic carbocycles. The second kappa shape index (κ2) is 6.72. The van der Waals surface area contributed by atoms with Crippen LogP contribution < -0.4 is 4.74 Å². The van der Waals surface area contributed by atoms with Crippen LogP contribution in [0.1, 0.15) is 24.3 Å². The van der Waals surface area contributed by atoms with E-state index in [9.17, 15) is 4.79 Å². The maximum Gasteiger partial charge on any atom is 0.273 e. The summed E-state index contributed by atoms with van der Waals surface area (Å²) in [6.45, 7) is 4.91. The fourth-order valence-corrected chi connectivity index (χ4v) is 2.86. The van der Waals surface area contributed by atoms with E-state index in [1.807, 2.05) is 36.7 Å². The number of amides is 1.